The summed E-state index contributed by atoms with van der Waals surface area (Å²) in [7, 11) is 0. The molecule has 50 heavy (non-hydrogen) atoms. The van der Waals surface area contributed by atoms with Crippen molar-refractivity contribution < 1.29 is 32.6 Å². The van der Waals surface area contributed by atoms with Gasteiger partial charge in [0.1, 0.15) is 11.3 Å². The number of nitrogens with one attached hydrogen (secondary N) is 1. The third-order valence-electron chi connectivity index (χ3n) is 8.48. The first-order chi connectivity index (χ1) is 23.9. The summed E-state index contributed by atoms with van der Waals surface area (Å²) in [5.74, 6) is 0.152. The molecule has 0 spiro atoms. The number of ether oxygens (including phenoxy) is 2. The first kappa shape index (κ1) is 36.8. The Hall–Kier alpha value is -4.52. The Kier molecular flexibility index (Phi) is 12.1. The second-order valence-corrected chi connectivity index (χ2v) is 13.2. The monoisotopic (exact) mass is 704 g/mol. The van der Waals surface area contributed by atoms with Crippen molar-refractivity contribution in [1.82, 2.24) is 44.9 Å². The maximum Gasteiger partial charge on any atom is 0.407 e. The number of nitrogens with zero attached hydrogens (tertiary/aromatic N) is 10. The van der Waals surface area contributed by atoms with E-state index < -0.39 is 23.8 Å². The Balaban J connectivity index is 1.11. The minimum absolute atomic E-state index is 0.00195. The molecule has 3 amide bonds. The molecule has 0 aliphatic carbocycles. The minimum Gasteiger partial charge on any atom is -0.444 e. The normalized spacial score (nSPS) is 17.6. The zero-order valence-electron chi connectivity index (χ0n) is 28.8. The van der Waals surface area contributed by atoms with Crippen LogP contribution >= 0.6 is 0 Å². The highest BCUT2D eigenvalue weighted by Gasteiger charge is 2.28. The van der Waals surface area contributed by atoms with Crippen LogP contribution in [0.1, 0.15) is 45.7 Å². The molecule has 0 bridgehead atoms. The lowest BCUT2D eigenvalue weighted by Gasteiger charge is -2.36. The summed E-state index contributed by atoms with van der Waals surface area (Å²) in [6, 6.07) is 0. The van der Waals surface area contributed by atoms with Crippen molar-refractivity contribution in [1.29, 1.82) is 0 Å². The molecular formula is C31H46F2N12O5. The zero-order chi connectivity index (χ0) is 35.8. The molecule has 3 fully saturated rings. The van der Waals surface area contributed by atoms with E-state index in [2.05, 4.69) is 35.1 Å². The number of alkyl carbamates (subject to hydrolysis) is 1. The third-order valence-corrected chi connectivity index (χ3v) is 8.48. The quantitative estimate of drug-likeness (QED) is 0.353. The van der Waals surface area contributed by atoms with E-state index in [1.807, 2.05) is 30.6 Å². The Morgan fingerprint density at radius 3 is 1.98 bits per heavy atom. The number of nitrogen functional groups attached to an aromatic ring is 1. The van der Waals surface area contributed by atoms with Crippen LogP contribution in [0.4, 0.5) is 31.4 Å². The largest absolute Gasteiger partial charge is 0.444 e. The number of alkyl halides is 2. The molecule has 274 valence electrons. The lowest BCUT2D eigenvalue weighted by molar-refractivity contribution is -0.138. The number of rotatable bonds is 10. The molecule has 3 aliphatic rings. The van der Waals surface area contributed by atoms with Gasteiger partial charge in [0.05, 0.1) is 18.8 Å². The molecule has 0 radical (unpaired) electrons. The summed E-state index contributed by atoms with van der Waals surface area (Å²) in [4.78, 5) is 68.6. The van der Waals surface area contributed by atoms with Gasteiger partial charge in [-0.3, -0.25) is 14.5 Å². The summed E-state index contributed by atoms with van der Waals surface area (Å²) < 4.78 is 38.6. The number of anilines is 3. The number of hydrogen-bond acceptors (Lipinski definition) is 14. The van der Waals surface area contributed by atoms with Gasteiger partial charge in [0, 0.05) is 97.6 Å². The second-order valence-electron chi connectivity index (χ2n) is 13.2. The first-order valence-corrected chi connectivity index (χ1v) is 16.9. The van der Waals surface area contributed by atoms with Crippen molar-refractivity contribution in [2.45, 2.75) is 45.6 Å². The van der Waals surface area contributed by atoms with Gasteiger partial charge in [-0.1, -0.05) is 0 Å². The van der Waals surface area contributed by atoms with Crippen LogP contribution in [0.25, 0.3) is 11.4 Å². The Bertz CT molecular complexity index is 1490. The Morgan fingerprint density at radius 1 is 0.860 bits per heavy atom. The fourth-order valence-corrected chi connectivity index (χ4v) is 5.81. The van der Waals surface area contributed by atoms with E-state index in [1.54, 1.807) is 9.80 Å². The van der Waals surface area contributed by atoms with Gasteiger partial charge in [-0.25, -0.2) is 23.5 Å². The van der Waals surface area contributed by atoms with Crippen LogP contribution in [0.3, 0.4) is 0 Å². The van der Waals surface area contributed by atoms with E-state index in [0.717, 1.165) is 0 Å². The first-order valence-electron chi connectivity index (χ1n) is 16.9. The van der Waals surface area contributed by atoms with E-state index in [1.165, 1.54) is 6.20 Å². The molecule has 0 atom stereocenters. The summed E-state index contributed by atoms with van der Waals surface area (Å²) in [5, 5.41) is 2.75. The van der Waals surface area contributed by atoms with Gasteiger partial charge in [0.15, 0.2) is 5.82 Å². The van der Waals surface area contributed by atoms with Crippen molar-refractivity contribution in [3.8, 4) is 11.4 Å². The molecule has 19 heteroatoms. The molecule has 2 aromatic rings. The summed E-state index contributed by atoms with van der Waals surface area (Å²) in [6.07, 6.45) is -1.96. The lowest BCUT2D eigenvalue weighted by atomic mass is 10.2. The standard InChI is InChI=1S/C31H46F2N12O5/c1-31(2,3)50-30(48)35-6-7-41-8-10-42(11-9-41)22(46)4-5-23(47)43-12-14-44(15-13-43)28-38-26(21-20-36-27(34)37-24(21)25(32)33)39-29(40-28)45-16-18-49-19-17-45/h20,25H,4-19H2,1-3H3,(H,35,48)(H2,34,36,37). The number of morpholine rings is 1. The molecule has 3 saturated heterocycles. The van der Waals surface area contributed by atoms with E-state index in [0.29, 0.717) is 97.7 Å². The molecule has 0 unspecified atom stereocenters. The van der Waals surface area contributed by atoms with E-state index in [-0.39, 0.29) is 47.9 Å². The van der Waals surface area contributed by atoms with Crippen LogP contribution in [0.2, 0.25) is 0 Å². The molecule has 5 rings (SSSR count). The van der Waals surface area contributed by atoms with Gasteiger partial charge in [0.2, 0.25) is 29.7 Å². The van der Waals surface area contributed by atoms with E-state index in [4.69, 9.17) is 15.2 Å². The van der Waals surface area contributed by atoms with Gasteiger partial charge in [-0.2, -0.15) is 15.0 Å². The van der Waals surface area contributed by atoms with Gasteiger partial charge in [-0.05, 0) is 20.8 Å². The van der Waals surface area contributed by atoms with Gasteiger partial charge in [0.25, 0.3) is 6.43 Å². The highest BCUT2D eigenvalue weighted by molar-refractivity contribution is 5.84. The number of piperazine rings is 2. The van der Waals surface area contributed by atoms with Crippen molar-refractivity contribution in [2.75, 3.05) is 107 Å². The maximum atomic E-state index is 13.9. The van der Waals surface area contributed by atoms with Crippen LogP contribution in [0, 0.1) is 0 Å². The number of amides is 3. The van der Waals surface area contributed by atoms with Crippen LogP contribution in [-0.2, 0) is 19.1 Å². The van der Waals surface area contributed by atoms with Crippen LogP contribution < -0.4 is 20.9 Å². The van der Waals surface area contributed by atoms with Gasteiger partial charge in [-0.15, -0.1) is 0 Å². The van der Waals surface area contributed by atoms with Crippen LogP contribution in [-0.4, -0.2) is 155 Å². The maximum absolute atomic E-state index is 13.9. The minimum atomic E-state index is -2.92. The van der Waals surface area contributed by atoms with Crippen LogP contribution in [0.5, 0.6) is 0 Å². The van der Waals surface area contributed by atoms with Crippen molar-refractivity contribution >= 4 is 35.8 Å². The smallest absolute Gasteiger partial charge is 0.407 e. The predicted molar refractivity (Wildman–Crippen MR) is 179 cm³/mol. The molecule has 3 aliphatic heterocycles. The molecule has 2 aromatic heterocycles. The lowest BCUT2D eigenvalue weighted by Crippen LogP contribution is -2.51. The highest BCUT2D eigenvalue weighted by atomic mass is 19.3. The van der Waals surface area contributed by atoms with Crippen molar-refractivity contribution in [2.24, 2.45) is 0 Å². The highest BCUT2D eigenvalue weighted by Crippen LogP contribution is 2.30. The molecule has 0 aromatic carbocycles. The van der Waals surface area contributed by atoms with Gasteiger partial charge >= 0.3 is 6.09 Å². The van der Waals surface area contributed by atoms with Gasteiger partial charge < -0.3 is 40.1 Å². The number of halogens is 2. The molecule has 0 saturated carbocycles. The topological polar surface area (TPSA) is 188 Å². The van der Waals surface area contributed by atoms with E-state index >= 15 is 0 Å². The average Bonchev–Trinajstić information content (AvgIpc) is 3.10. The Labute approximate surface area is 289 Å². The zero-order valence-corrected chi connectivity index (χ0v) is 28.8. The number of aromatic nitrogens is 5. The Morgan fingerprint density at radius 2 is 1.42 bits per heavy atom. The summed E-state index contributed by atoms with van der Waals surface area (Å²) in [5.41, 5.74) is 4.42. The molecular weight excluding hydrogens is 658 g/mol. The number of nitrogens with two attached hydrogens (primary N) is 1. The molecule has 3 N–H and O–H groups in total. The fraction of sp³-hybridized carbons (Fsp3) is 0.677. The summed E-state index contributed by atoms with van der Waals surface area (Å²) in [6.45, 7) is 12.5. The predicted octanol–water partition coefficient (Wildman–Crippen LogP) is 0.783. The van der Waals surface area contributed by atoms with Crippen LogP contribution in [0.15, 0.2) is 6.20 Å². The molecule has 5 heterocycles. The third kappa shape index (κ3) is 10.0. The number of hydrogen-bond donors (Lipinski definition) is 2. The number of carbonyl (C=O) groups excluding carboxylic acids is 3. The molecule has 17 nitrogen and oxygen atoms in total. The summed E-state index contributed by atoms with van der Waals surface area (Å²) >= 11 is 0. The second kappa shape index (κ2) is 16.5. The SMILES string of the molecule is CC(C)(C)OC(=O)NCCN1CCN(C(=O)CCC(=O)N2CCN(c3nc(-c4cnc(N)nc4C(F)F)nc(N4CCOCC4)n3)CC2)CC1. The van der Waals surface area contributed by atoms with E-state index in [9.17, 15) is 23.2 Å². The number of carbonyl (C=O) groups is 3. The van der Waals surface area contributed by atoms with Crippen molar-refractivity contribution in [3.05, 3.63) is 11.9 Å². The van der Waals surface area contributed by atoms with Crippen molar-refractivity contribution in [3.63, 3.8) is 0 Å². The average molecular weight is 705 g/mol. The fourth-order valence-electron chi connectivity index (χ4n) is 5.81.